The van der Waals surface area contributed by atoms with Gasteiger partial charge in [-0.1, -0.05) is 12.1 Å². The van der Waals surface area contributed by atoms with E-state index < -0.39 is 9.84 Å². The van der Waals surface area contributed by atoms with Crippen molar-refractivity contribution < 1.29 is 13.2 Å². The van der Waals surface area contributed by atoms with E-state index in [0.717, 1.165) is 5.56 Å². The molecule has 23 heavy (non-hydrogen) atoms. The van der Waals surface area contributed by atoms with Crippen molar-refractivity contribution in [3.05, 3.63) is 29.8 Å². The molecule has 0 bridgehead atoms. The zero-order valence-corrected chi connectivity index (χ0v) is 15.4. The van der Waals surface area contributed by atoms with Gasteiger partial charge in [0.05, 0.1) is 17.5 Å². The summed E-state index contributed by atoms with van der Waals surface area (Å²) < 4.78 is 22.9. The van der Waals surface area contributed by atoms with Crippen LogP contribution in [0.1, 0.15) is 18.9 Å². The van der Waals surface area contributed by atoms with Crippen LogP contribution in [0.4, 0.5) is 0 Å². The van der Waals surface area contributed by atoms with Crippen LogP contribution in [-0.2, 0) is 21.2 Å². The maximum absolute atomic E-state index is 12.3. The molecule has 128 valence electrons. The van der Waals surface area contributed by atoms with Crippen molar-refractivity contribution in [2.45, 2.75) is 36.9 Å². The molecule has 1 aliphatic heterocycles. The summed E-state index contributed by atoms with van der Waals surface area (Å²) in [5.74, 6) is 0.116. The quantitative estimate of drug-likeness (QED) is 0.783. The first-order chi connectivity index (χ1) is 10.8. The summed E-state index contributed by atoms with van der Waals surface area (Å²) in [7, 11) is -1.07. The molecule has 2 atom stereocenters. The first kappa shape index (κ1) is 18.3. The van der Waals surface area contributed by atoms with Crippen molar-refractivity contribution in [3.63, 3.8) is 0 Å². The molecule has 0 aromatic heterocycles. The summed E-state index contributed by atoms with van der Waals surface area (Å²) in [6.45, 7) is 2.52. The van der Waals surface area contributed by atoms with Gasteiger partial charge in [0, 0.05) is 17.5 Å². The summed E-state index contributed by atoms with van der Waals surface area (Å²) in [6.07, 6.45) is 2.55. The summed E-state index contributed by atoms with van der Waals surface area (Å²) in [4.78, 5) is 15.5. The van der Waals surface area contributed by atoms with Crippen molar-refractivity contribution in [1.82, 2.24) is 10.2 Å². The standard InChI is InChI=1S/C16H24N2O3S2/c1-12(16(19)17-14-8-9-23(20,21)11-14)18(2)10-13-4-6-15(22-3)7-5-13/h4-7,12,14H,8-11H2,1-3H3,(H,17,19)/t12-,14-/m0/s1. The van der Waals surface area contributed by atoms with Crippen LogP contribution in [0.3, 0.4) is 0 Å². The number of nitrogens with zero attached hydrogens (tertiary/aromatic N) is 1. The van der Waals surface area contributed by atoms with E-state index in [1.54, 1.807) is 11.8 Å². The number of hydrogen-bond acceptors (Lipinski definition) is 5. The molecule has 1 heterocycles. The van der Waals surface area contributed by atoms with Gasteiger partial charge in [-0.2, -0.15) is 0 Å². The molecule has 2 rings (SSSR count). The third-order valence-corrected chi connectivity index (χ3v) is 6.72. The normalized spacial score (nSPS) is 21.3. The number of benzene rings is 1. The van der Waals surface area contributed by atoms with E-state index >= 15 is 0 Å². The average molecular weight is 357 g/mol. The van der Waals surface area contributed by atoms with Crippen LogP contribution in [0.2, 0.25) is 0 Å². The summed E-state index contributed by atoms with van der Waals surface area (Å²) in [6, 6.07) is 7.72. The number of nitrogens with one attached hydrogen (secondary N) is 1. The molecule has 1 aliphatic rings. The number of thioether (sulfide) groups is 1. The fraction of sp³-hybridized carbons (Fsp3) is 0.562. The van der Waals surface area contributed by atoms with Gasteiger partial charge in [-0.25, -0.2) is 8.42 Å². The second-order valence-corrected chi connectivity index (χ2v) is 9.16. The Morgan fingerprint density at radius 2 is 2.04 bits per heavy atom. The zero-order valence-electron chi connectivity index (χ0n) is 13.8. The highest BCUT2D eigenvalue weighted by Gasteiger charge is 2.30. The molecule has 5 nitrogen and oxygen atoms in total. The maximum atomic E-state index is 12.3. The molecule has 1 N–H and O–H groups in total. The molecule has 0 spiro atoms. The first-order valence-electron chi connectivity index (χ1n) is 7.64. The number of rotatable bonds is 6. The van der Waals surface area contributed by atoms with Crippen molar-refractivity contribution in [2.24, 2.45) is 0 Å². The van der Waals surface area contributed by atoms with Gasteiger partial charge in [0.1, 0.15) is 0 Å². The van der Waals surface area contributed by atoms with Crippen LogP contribution in [0, 0.1) is 0 Å². The minimum atomic E-state index is -2.97. The Balaban J connectivity index is 1.88. The highest BCUT2D eigenvalue weighted by Crippen LogP contribution is 2.16. The van der Waals surface area contributed by atoms with Crippen molar-refractivity contribution >= 4 is 27.5 Å². The lowest BCUT2D eigenvalue weighted by Crippen LogP contribution is -2.47. The van der Waals surface area contributed by atoms with Crippen LogP contribution in [0.25, 0.3) is 0 Å². The fourth-order valence-corrected chi connectivity index (χ4v) is 4.67. The van der Waals surface area contributed by atoms with Gasteiger partial charge < -0.3 is 5.32 Å². The minimum Gasteiger partial charge on any atom is -0.351 e. The zero-order chi connectivity index (χ0) is 17.0. The molecule has 1 aromatic carbocycles. The number of sulfone groups is 1. The molecule has 1 aromatic rings. The van der Waals surface area contributed by atoms with Gasteiger partial charge >= 0.3 is 0 Å². The van der Waals surface area contributed by atoms with Crippen molar-refractivity contribution in [3.8, 4) is 0 Å². The number of carbonyl (C=O) groups is 1. The highest BCUT2D eigenvalue weighted by atomic mass is 32.2. The van der Waals surface area contributed by atoms with Crippen LogP contribution in [-0.4, -0.2) is 56.1 Å². The van der Waals surface area contributed by atoms with Gasteiger partial charge in [-0.3, -0.25) is 9.69 Å². The second-order valence-electron chi connectivity index (χ2n) is 6.05. The molecule has 1 fully saturated rings. The minimum absolute atomic E-state index is 0.0608. The monoisotopic (exact) mass is 356 g/mol. The fourth-order valence-electron chi connectivity index (χ4n) is 2.59. The van der Waals surface area contributed by atoms with Crippen molar-refractivity contribution in [2.75, 3.05) is 24.8 Å². The van der Waals surface area contributed by atoms with Crippen LogP contribution >= 0.6 is 11.8 Å². The van der Waals surface area contributed by atoms with Gasteiger partial charge in [-0.15, -0.1) is 11.8 Å². The second kappa shape index (κ2) is 7.68. The van der Waals surface area contributed by atoms with Crippen LogP contribution in [0.15, 0.2) is 29.2 Å². The molecule has 0 unspecified atom stereocenters. The Kier molecular flexibility index (Phi) is 6.11. The molecule has 7 heteroatoms. The smallest absolute Gasteiger partial charge is 0.237 e. The van der Waals surface area contributed by atoms with Crippen LogP contribution in [0.5, 0.6) is 0 Å². The topological polar surface area (TPSA) is 66.5 Å². The van der Waals surface area contributed by atoms with E-state index in [2.05, 4.69) is 29.6 Å². The third-order valence-electron chi connectivity index (χ3n) is 4.21. The Morgan fingerprint density at radius 1 is 1.39 bits per heavy atom. The van der Waals surface area contributed by atoms with E-state index in [4.69, 9.17) is 0 Å². The van der Waals surface area contributed by atoms with Gasteiger partial charge in [0.15, 0.2) is 9.84 Å². The van der Waals surface area contributed by atoms with E-state index in [0.29, 0.717) is 13.0 Å². The SMILES string of the molecule is CSc1ccc(CN(C)[C@@H](C)C(=O)N[C@H]2CCS(=O)(=O)C2)cc1. The van der Waals surface area contributed by atoms with E-state index in [1.807, 2.05) is 25.1 Å². The molecule has 0 saturated carbocycles. The number of amides is 1. The molecule has 0 radical (unpaired) electrons. The Hall–Kier alpha value is -1.05. The molecular formula is C16H24N2O3S2. The highest BCUT2D eigenvalue weighted by molar-refractivity contribution is 7.98. The Labute approximate surface area is 142 Å². The van der Waals surface area contributed by atoms with Gasteiger partial charge in [0.25, 0.3) is 0 Å². The number of hydrogen-bond donors (Lipinski definition) is 1. The number of likely N-dealkylation sites (N-methyl/N-ethyl adjacent to an activating group) is 1. The first-order valence-corrected chi connectivity index (χ1v) is 10.7. The number of carbonyl (C=O) groups excluding carboxylic acids is 1. The summed E-state index contributed by atoms with van der Waals surface area (Å²) >= 11 is 1.70. The van der Waals surface area contributed by atoms with Crippen LogP contribution < -0.4 is 5.32 Å². The lowest BCUT2D eigenvalue weighted by Gasteiger charge is -2.25. The third kappa shape index (κ3) is 5.22. The maximum Gasteiger partial charge on any atom is 0.237 e. The van der Waals surface area contributed by atoms with Gasteiger partial charge in [0.2, 0.25) is 5.91 Å². The molecule has 1 saturated heterocycles. The van der Waals surface area contributed by atoms with E-state index in [1.165, 1.54) is 4.90 Å². The summed E-state index contributed by atoms with van der Waals surface area (Å²) in [5, 5.41) is 2.86. The lowest BCUT2D eigenvalue weighted by atomic mass is 10.1. The lowest BCUT2D eigenvalue weighted by molar-refractivity contribution is -0.126. The average Bonchev–Trinajstić information content (AvgIpc) is 2.85. The predicted molar refractivity (Wildman–Crippen MR) is 94.4 cm³/mol. The van der Waals surface area contributed by atoms with Crippen molar-refractivity contribution in [1.29, 1.82) is 0 Å². The molecule has 0 aliphatic carbocycles. The Bertz CT molecular complexity index is 644. The molecular weight excluding hydrogens is 332 g/mol. The predicted octanol–water partition coefficient (Wildman–Crippen LogP) is 1.53. The largest absolute Gasteiger partial charge is 0.351 e. The summed E-state index contributed by atoms with van der Waals surface area (Å²) in [5.41, 5.74) is 1.15. The van der Waals surface area contributed by atoms with E-state index in [9.17, 15) is 13.2 Å². The molecule has 1 amide bonds. The van der Waals surface area contributed by atoms with Gasteiger partial charge in [-0.05, 0) is 44.3 Å². The van der Waals surface area contributed by atoms with E-state index in [-0.39, 0.29) is 29.5 Å². The Morgan fingerprint density at radius 3 is 2.57 bits per heavy atom.